The van der Waals surface area contributed by atoms with E-state index in [1.807, 2.05) is 48.2 Å². The van der Waals surface area contributed by atoms with E-state index in [9.17, 15) is 4.79 Å². The molecule has 1 aromatic heterocycles. The molecule has 0 radical (unpaired) electrons. The normalized spacial score (nSPS) is 23.5. The summed E-state index contributed by atoms with van der Waals surface area (Å²) in [5.74, 6) is 1.82. The Morgan fingerprint density at radius 3 is 2.62 bits per heavy atom. The number of amides is 1. The number of hydrogen-bond donors (Lipinski definition) is 1. The van der Waals surface area contributed by atoms with Gasteiger partial charge in [-0.3, -0.25) is 4.79 Å². The second-order valence-electron chi connectivity index (χ2n) is 7.05. The Morgan fingerprint density at radius 2 is 1.88 bits per heavy atom. The zero-order chi connectivity index (χ0) is 18.1. The van der Waals surface area contributed by atoms with Crippen molar-refractivity contribution in [2.24, 2.45) is 5.73 Å². The van der Waals surface area contributed by atoms with Crippen LogP contribution in [0.4, 0.5) is 5.69 Å². The summed E-state index contributed by atoms with van der Waals surface area (Å²) in [7, 11) is 0. The SMILES string of the molecule is Cc1ccc([C@H]2CN(C(=O)c3ccccc3N3CCOCC3)C[C@@H]2N)o1. The molecule has 6 heteroatoms. The largest absolute Gasteiger partial charge is 0.466 e. The van der Waals surface area contributed by atoms with E-state index in [0.717, 1.165) is 35.9 Å². The Morgan fingerprint density at radius 1 is 1.12 bits per heavy atom. The molecule has 0 spiro atoms. The standard InChI is InChI=1S/C20H25N3O3/c1-14-6-7-19(26-14)16-12-23(13-17(16)21)20(24)15-4-2-3-5-18(15)22-8-10-25-11-9-22/h2-7,16-17H,8-13,21H2,1H3/t16-,17-/m0/s1. The summed E-state index contributed by atoms with van der Waals surface area (Å²) >= 11 is 0. The summed E-state index contributed by atoms with van der Waals surface area (Å²) in [6, 6.07) is 11.6. The molecule has 0 saturated carbocycles. The fraction of sp³-hybridized carbons (Fsp3) is 0.450. The lowest BCUT2D eigenvalue weighted by atomic mass is 10.0. The van der Waals surface area contributed by atoms with Crippen LogP contribution in [-0.4, -0.2) is 56.2 Å². The van der Waals surface area contributed by atoms with Crippen LogP contribution in [0.25, 0.3) is 0 Å². The average molecular weight is 355 g/mol. The predicted octanol–water partition coefficient (Wildman–Crippen LogP) is 1.99. The molecule has 2 atom stereocenters. The van der Waals surface area contributed by atoms with Gasteiger partial charge in [0, 0.05) is 37.9 Å². The number of aryl methyl sites for hydroxylation is 1. The van der Waals surface area contributed by atoms with Crippen molar-refractivity contribution in [3.63, 3.8) is 0 Å². The molecule has 2 fully saturated rings. The van der Waals surface area contributed by atoms with Crippen molar-refractivity contribution in [2.75, 3.05) is 44.3 Å². The second kappa shape index (κ2) is 7.13. The zero-order valence-corrected chi connectivity index (χ0v) is 15.1. The van der Waals surface area contributed by atoms with Crippen LogP contribution in [0.1, 0.15) is 27.8 Å². The van der Waals surface area contributed by atoms with Crippen molar-refractivity contribution in [3.8, 4) is 0 Å². The number of hydrogen-bond acceptors (Lipinski definition) is 5. The molecule has 3 heterocycles. The molecule has 2 saturated heterocycles. The van der Waals surface area contributed by atoms with Gasteiger partial charge in [-0.1, -0.05) is 12.1 Å². The minimum absolute atomic E-state index is 0.0355. The molecule has 6 nitrogen and oxygen atoms in total. The van der Waals surface area contributed by atoms with Gasteiger partial charge in [0.05, 0.1) is 24.7 Å². The van der Waals surface area contributed by atoms with Gasteiger partial charge in [-0.05, 0) is 31.2 Å². The van der Waals surface area contributed by atoms with E-state index in [0.29, 0.717) is 26.3 Å². The molecule has 2 N–H and O–H groups in total. The van der Waals surface area contributed by atoms with E-state index in [2.05, 4.69) is 4.90 Å². The van der Waals surface area contributed by atoms with Gasteiger partial charge < -0.3 is 24.7 Å². The summed E-state index contributed by atoms with van der Waals surface area (Å²) < 4.78 is 11.2. The van der Waals surface area contributed by atoms with Gasteiger partial charge in [-0.25, -0.2) is 0 Å². The smallest absolute Gasteiger partial charge is 0.256 e. The number of likely N-dealkylation sites (tertiary alicyclic amines) is 1. The van der Waals surface area contributed by atoms with Gasteiger partial charge in [0.1, 0.15) is 11.5 Å². The van der Waals surface area contributed by atoms with E-state index in [1.165, 1.54) is 0 Å². The maximum atomic E-state index is 13.2. The molecule has 4 rings (SSSR count). The number of para-hydroxylation sites is 1. The number of anilines is 1. The Labute approximate surface area is 153 Å². The number of rotatable bonds is 3. The Hall–Kier alpha value is -2.31. The molecule has 0 aliphatic carbocycles. The highest BCUT2D eigenvalue weighted by Crippen LogP contribution is 2.30. The molecule has 138 valence electrons. The highest BCUT2D eigenvalue weighted by molar-refractivity contribution is 6.00. The Balaban J connectivity index is 1.55. The third-order valence-electron chi connectivity index (χ3n) is 5.27. The molecular formula is C20H25N3O3. The van der Waals surface area contributed by atoms with E-state index < -0.39 is 0 Å². The van der Waals surface area contributed by atoms with Crippen LogP contribution in [0.2, 0.25) is 0 Å². The minimum atomic E-state index is -0.111. The zero-order valence-electron chi connectivity index (χ0n) is 15.1. The first kappa shape index (κ1) is 17.1. The number of nitrogens with zero attached hydrogens (tertiary/aromatic N) is 2. The highest BCUT2D eigenvalue weighted by Gasteiger charge is 2.36. The van der Waals surface area contributed by atoms with Crippen molar-refractivity contribution >= 4 is 11.6 Å². The number of benzene rings is 1. The monoisotopic (exact) mass is 355 g/mol. The molecule has 26 heavy (non-hydrogen) atoms. The summed E-state index contributed by atoms with van der Waals surface area (Å²) in [6.07, 6.45) is 0. The van der Waals surface area contributed by atoms with Gasteiger partial charge in [-0.15, -0.1) is 0 Å². The number of furan rings is 1. The third-order valence-corrected chi connectivity index (χ3v) is 5.27. The number of carbonyl (C=O) groups is 1. The molecule has 1 amide bonds. The van der Waals surface area contributed by atoms with Crippen LogP contribution in [0, 0.1) is 6.92 Å². The second-order valence-corrected chi connectivity index (χ2v) is 7.05. The summed E-state index contributed by atoms with van der Waals surface area (Å²) in [5, 5.41) is 0. The molecule has 2 aliphatic heterocycles. The first-order chi connectivity index (χ1) is 12.6. The highest BCUT2D eigenvalue weighted by atomic mass is 16.5. The van der Waals surface area contributed by atoms with Gasteiger partial charge in [0.25, 0.3) is 5.91 Å². The fourth-order valence-corrected chi connectivity index (χ4v) is 3.85. The first-order valence-electron chi connectivity index (χ1n) is 9.16. The Kier molecular flexibility index (Phi) is 4.70. The topological polar surface area (TPSA) is 71.9 Å². The van der Waals surface area contributed by atoms with Gasteiger partial charge in [-0.2, -0.15) is 0 Å². The van der Waals surface area contributed by atoms with Crippen LogP contribution in [0.15, 0.2) is 40.8 Å². The maximum absolute atomic E-state index is 13.2. The number of nitrogens with two attached hydrogens (primary N) is 1. The lowest BCUT2D eigenvalue weighted by Crippen LogP contribution is -2.38. The number of ether oxygens (including phenoxy) is 1. The quantitative estimate of drug-likeness (QED) is 0.912. The van der Waals surface area contributed by atoms with Crippen LogP contribution in [-0.2, 0) is 4.74 Å². The lowest BCUT2D eigenvalue weighted by Gasteiger charge is -2.31. The van der Waals surface area contributed by atoms with Crippen molar-refractivity contribution in [1.82, 2.24) is 4.90 Å². The number of carbonyl (C=O) groups excluding carboxylic acids is 1. The molecule has 1 aromatic carbocycles. The van der Waals surface area contributed by atoms with Crippen molar-refractivity contribution in [1.29, 1.82) is 0 Å². The van der Waals surface area contributed by atoms with Crippen LogP contribution >= 0.6 is 0 Å². The summed E-state index contributed by atoms with van der Waals surface area (Å²) in [6.45, 7) is 6.04. The molecule has 2 aliphatic rings. The van der Waals surface area contributed by atoms with Crippen molar-refractivity contribution < 1.29 is 13.9 Å². The summed E-state index contributed by atoms with van der Waals surface area (Å²) in [5.41, 5.74) is 8.04. The minimum Gasteiger partial charge on any atom is -0.466 e. The van der Waals surface area contributed by atoms with E-state index in [-0.39, 0.29) is 17.9 Å². The summed E-state index contributed by atoms with van der Waals surface area (Å²) in [4.78, 5) is 17.3. The maximum Gasteiger partial charge on any atom is 0.256 e. The van der Waals surface area contributed by atoms with Crippen LogP contribution in [0.5, 0.6) is 0 Å². The van der Waals surface area contributed by atoms with E-state index in [4.69, 9.17) is 14.9 Å². The first-order valence-corrected chi connectivity index (χ1v) is 9.16. The van der Waals surface area contributed by atoms with Crippen molar-refractivity contribution in [2.45, 2.75) is 18.9 Å². The lowest BCUT2D eigenvalue weighted by molar-refractivity contribution is 0.0788. The fourth-order valence-electron chi connectivity index (χ4n) is 3.85. The van der Waals surface area contributed by atoms with Gasteiger partial charge >= 0.3 is 0 Å². The van der Waals surface area contributed by atoms with E-state index >= 15 is 0 Å². The predicted molar refractivity (Wildman–Crippen MR) is 99.5 cm³/mol. The molecular weight excluding hydrogens is 330 g/mol. The average Bonchev–Trinajstić information content (AvgIpc) is 3.27. The third kappa shape index (κ3) is 3.22. The van der Waals surface area contributed by atoms with Crippen LogP contribution in [0.3, 0.4) is 0 Å². The molecule has 0 bridgehead atoms. The molecule has 2 aromatic rings. The van der Waals surface area contributed by atoms with Gasteiger partial charge in [0.15, 0.2) is 0 Å². The Bertz CT molecular complexity index is 782. The van der Waals surface area contributed by atoms with Gasteiger partial charge in [0.2, 0.25) is 0 Å². The molecule has 0 unspecified atom stereocenters. The number of morpholine rings is 1. The van der Waals surface area contributed by atoms with Crippen LogP contribution < -0.4 is 10.6 Å². The van der Waals surface area contributed by atoms with Crippen molar-refractivity contribution in [3.05, 3.63) is 53.5 Å². The van der Waals surface area contributed by atoms with E-state index in [1.54, 1.807) is 0 Å².